The lowest BCUT2D eigenvalue weighted by atomic mass is 9.95. The van der Waals surface area contributed by atoms with E-state index in [9.17, 15) is 4.79 Å². The summed E-state index contributed by atoms with van der Waals surface area (Å²) >= 11 is 0. The maximum Gasteiger partial charge on any atom is 0.223 e. The van der Waals surface area contributed by atoms with Crippen molar-refractivity contribution in [1.82, 2.24) is 25.3 Å². The Morgan fingerprint density at radius 1 is 1.16 bits per heavy atom. The van der Waals surface area contributed by atoms with Crippen LogP contribution in [0.2, 0.25) is 0 Å². The molecule has 4 rings (SSSR count). The molecule has 1 aliphatic heterocycles. The Balaban J connectivity index is 1.47. The summed E-state index contributed by atoms with van der Waals surface area (Å²) in [5.41, 5.74) is 3.83. The quantitative estimate of drug-likeness (QED) is 0.546. The van der Waals surface area contributed by atoms with Gasteiger partial charge in [0.05, 0.1) is 22.5 Å². The molecule has 0 atom stereocenters. The Hall–Kier alpha value is -3.00. The topological polar surface area (TPSA) is 85.2 Å². The fraction of sp³-hybridized carbons (Fsp3) is 0.500. The van der Waals surface area contributed by atoms with Crippen molar-refractivity contribution in [2.45, 2.75) is 40.0 Å². The Kier molecular flexibility index (Phi) is 6.99. The molecule has 0 unspecified atom stereocenters. The van der Waals surface area contributed by atoms with Gasteiger partial charge in [0, 0.05) is 38.8 Å². The molecule has 0 bridgehead atoms. The third kappa shape index (κ3) is 4.60. The maximum atomic E-state index is 12.5. The van der Waals surface area contributed by atoms with Crippen LogP contribution in [-0.4, -0.2) is 58.7 Å². The maximum absolute atomic E-state index is 12.5. The molecule has 170 valence electrons. The van der Waals surface area contributed by atoms with Crippen LogP contribution in [-0.2, 0) is 9.53 Å². The second-order valence-electron chi connectivity index (χ2n) is 8.27. The van der Waals surface area contributed by atoms with E-state index in [1.807, 2.05) is 48.9 Å². The lowest BCUT2D eigenvalue weighted by molar-refractivity contribution is -0.125. The minimum Gasteiger partial charge on any atom is -0.382 e. The lowest BCUT2D eigenvalue weighted by Gasteiger charge is -2.32. The Morgan fingerprint density at radius 2 is 1.91 bits per heavy atom. The molecule has 1 aliphatic rings. The zero-order valence-electron chi connectivity index (χ0n) is 19.2. The average molecular weight is 437 g/mol. The smallest absolute Gasteiger partial charge is 0.223 e. The number of amides is 1. The first kappa shape index (κ1) is 22.2. The first-order chi connectivity index (χ1) is 15.6. The molecule has 1 fully saturated rings. The summed E-state index contributed by atoms with van der Waals surface area (Å²) in [6.45, 7) is 9.62. The number of rotatable bonds is 8. The van der Waals surface area contributed by atoms with E-state index in [2.05, 4.69) is 27.3 Å². The summed E-state index contributed by atoms with van der Waals surface area (Å²) in [6.07, 6.45) is 2.44. The molecule has 3 aromatic rings. The molecule has 8 heteroatoms. The lowest BCUT2D eigenvalue weighted by Crippen LogP contribution is -2.41. The van der Waals surface area contributed by atoms with Crippen molar-refractivity contribution in [2.24, 2.45) is 5.92 Å². The fourth-order valence-electron chi connectivity index (χ4n) is 4.37. The van der Waals surface area contributed by atoms with Crippen LogP contribution in [0.5, 0.6) is 0 Å². The Bertz CT molecular complexity index is 1060. The van der Waals surface area contributed by atoms with Gasteiger partial charge in [-0.25, -0.2) is 4.68 Å². The first-order valence-corrected chi connectivity index (χ1v) is 11.5. The van der Waals surface area contributed by atoms with E-state index >= 15 is 0 Å². The highest BCUT2D eigenvalue weighted by Crippen LogP contribution is 2.31. The third-order valence-electron chi connectivity index (χ3n) is 6.12. The number of nitrogens with zero attached hydrogens (tertiary/aromatic N) is 5. The van der Waals surface area contributed by atoms with Crippen LogP contribution in [0.3, 0.4) is 0 Å². The number of hydrogen-bond acceptors (Lipinski definition) is 6. The van der Waals surface area contributed by atoms with E-state index in [-0.39, 0.29) is 11.8 Å². The van der Waals surface area contributed by atoms with E-state index in [1.165, 1.54) is 0 Å². The number of para-hydroxylation sites is 1. The molecule has 0 aliphatic carbocycles. The minimum absolute atomic E-state index is 0.0378. The number of piperidine rings is 1. The van der Waals surface area contributed by atoms with Gasteiger partial charge in [-0.1, -0.05) is 18.2 Å². The summed E-state index contributed by atoms with van der Waals surface area (Å²) in [5, 5.41) is 18.0. The fourth-order valence-corrected chi connectivity index (χ4v) is 4.37. The number of hydrogen-bond donors (Lipinski definition) is 1. The zero-order chi connectivity index (χ0) is 22.5. The van der Waals surface area contributed by atoms with Gasteiger partial charge in [0.25, 0.3) is 0 Å². The van der Waals surface area contributed by atoms with Gasteiger partial charge in [-0.2, -0.15) is 10.2 Å². The molecule has 2 aromatic heterocycles. The van der Waals surface area contributed by atoms with Crippen LogP contribution in [0.25, 0.3) is 16.6 Å². The van der Waals surface area contributed by atoms with Crippen LogP contribution in [0, 0.1) is 19.8 Å². The largest absolute Gasteiger partial charge is 0.382 e. The number of benzene rings is 1. The number of aromatic nitrogens is 4. The predicted octanol–water partition coefficient (Wildman–Crippen LogP) is 3.19. The van der Waals surface area contributed by atoms with Crippen molar-refractivity contribution in [2.75, 3.05) is 37.7 Å². The molecule has 32 heavy (non-hydrogen) atoms. The molecule has 1 amide bonds. The predicted molar refractivity (Wildman–Crippen MR) is 125 cm³/mol. The first-order valence-electron chi connectivity index (χ1n) is 11.5. The van der Waals surface area contributed by atoms with Crippen molar-refractivity contribution >= 4 is 22.6 Å². The van der Waals surface area contributed by atoms with Crippen LogP contribution in [0.15, 0.2) is 30.3 Å². The van der Waals surface area contributed by atoms with Crippen LogP contribution >= 0.6 is 0 Å². The number of ether oxygens (including phenoxy) is 1. The number of fused-ring (bicyclic) bond motifs is 1. The van der Waals surface area contributed by atoms with Gasteiger partial charge in [-0.15, -0.1) is 5.10 Å². The molecule has 8 nitrogen and oxygen atoms in total. The summed E-state index contributed by atoms with van der Waals surface area (Å²) in [6, 6.07) is 10.1. The van der Waals surface area contributed by atoms with Crippen molar-refractivity contribution in [3.63, 3.8) is 0 Å². The van der Waals surface area contributed by atoms with Crippen molar-refractivity contribution in [3.05, 3.63) is 41.7 Å². The molecular weight excluding hydrogens is 404 g/mol. The standard InChI is InChI=1S/C24H32N6O2/c1-4-32-16-8-13-25-24(31)19-11-14-29(15-12-19)23-22-21(17(2)26-27-23)18(3)30(28-22)20-9-6-5-7-10-20/h5-7,9-10,19H,4,8,11-16H2,1-3H3,(H,25,31). The van der Waals surface area contributed by atoms with Gasteiger partial charge < -0.3 is 15.0 Å². The number of carbonyl (C=O) groups excluding carboxylic acids is 1. The summed E-state index contributed by atoms with van der Waals surface area (Å²) in [5.74, 6) is 0.986. The number of nitrogens with one attached hydrogen (secondary N) is 1. The van der Waals surface area contributed by atoms with E-state index in [1.54, 1.807) is 0 Å². The monoisotopic (exact) mass is 436 g/mol. The van der Waals surface area contributed by atoms with Gasteiger partial charge in [0.2, 0.25) is 5.91 Å². The second-order valence-corrected chi connectivity index (χ2v) is 8.27. The van der Waals surface area contributed by atoms with E-state index < -0.39 is 0 Å². The van der Waals surface area contributed by atoms with Gasteiger partial charge in [0.15, 0.2) is 5.82 Å². The molecule has 0 radical (unpaired) electrons. The number of carbonyl (C=O) groups is 1. The zero-order valence-corrected chi connectivity index (χ0v) is 19.2. The van der Waals surface area contributed by atoms with E-state index in [0.717, 1.165) is 66.1 Å². The van der Waals surface area contributed by atoms with E-state index in [0.29, 0.717) is 19.8 Å². The summed E-state index contributed by atoms with van der Waals surface area (Å²) in [7, 11) is 0. The average Bonchev–Trinajstić information content (AvgIpc) is 3.18. The molecule has 3 heterocycles. The molecule has 1 saturated heterocycles. The van der Waals surface area contributed by atoms with Crippen molar-refractivity contribution in [3.8, 4) is 5.69 Å². The van der Waals surface area contributed by atoms with Crippen LogP contribution in [0.4, 0.5) is 5.82 Å². The van der Waals surface area contributed by atoms with Crippen LogP contribution < -0.4 is 10.2 Å². The van der Waals surface area contributed by atoms with Crippen molar-refractivity contribution in [1.29, 1.82) is 0 Å². The number of anilines is 1. The molecule has 0 saturated carbocycles. The SMILES string of the molecule is CCOCCCNC(=O)C1CCN(c2nnc(C)c3c(C)n(-c4ccccc4)nc23)CC1. The van der Waals surface area contributed by atoms with Crippen LogP contribution in [0.1, 0.15) is 37.6 Å². The normalized spacial score (nSPS) is 14.8. The number of aryl methyl sites for hydroxylation is 2. The van der Waals surface area contributed by atoms with Gasteiger partial charge in [-0.05, 0) is 52.2 Å². The summed E-state index contributed by atoms with van der Waals surface area (Å²) in [4.78, 5) is 14.7. The van der Waals surface area contributed by atoms with Crippen molar-refractivity contribution < 1.29 is 9.53 Å². The molecule has 1 aromatic carbocycles. The Morgan fingerprint density at radius 3 is 2.62 bits per heavy atom. The molecule has 0 spiro atoms. The third-order valence-corrected chi connectivity index (χ3v) is 6.12. The summed E-state index contributed by atoms with van der Waals surface area (Å²) < 4.78 is 7.29. The minimum atomic E-state index is 0.0378. The van der Waals surface area contributed by atoms with Gasteiger partial charge in [0.1, 0.15) is 5.52 Å². The van der Waals surface area contributed by atoms with Gasteiger partial charge in [-0.3, -0.25) is 4.79 Å². The highest BCUT2D eigenvalue weighted by atomic mass is 16.5. The second kappa shape index (κ2) is 10.1. The molecular formula is C24H32N6O2. The highest BCUT2D eigenvalue weighted by molar-refractivity contribution is 5.92. The Labute approximate surface area is 189 Å². The van der Waals surface area contributed by atoms with E-state index in [4.69, 9.17) is 9.84 Å². The molecule has 1 N–H and O–H groups in total. The van der Waals surface area contributed by atoms with Gasteiger partial charge >= 0.3 is 0 Å². The highest BCUT2D eigenvalue weighted by Gasteiger charge is 2.28.